The Labute approximate surface area is 68.4 Å². The fourth-order valence-corrected chi connectivity index (χ4v) is 1.03. The van der Waals surface area contributed by atoms with Gasteiger partial charge in [0.25, 0.3) is 0 Å². The van der Waals surface area contributed by atoms with E-state index in [1.807, 2.05) is 0 Å². The van der Waals surface area contributed by atoms with Gasteiger partial charge < -0.3 is 5.73 Å². The summed E-state index contributed by atoms with van der Waals surface area (Å²) in [7, 11) is 0. The molecule has 59 valence electrons. The summed E-state index contributed by atoms with van der Waals surface area (Å²) in [6, 6.07) is 6.06. The van der Waals surface area contributed by atoms with Crippen LogP contribution < -0.4 is 5.73 Å². The van der Waals surface area contributed by atoms with Crippen LogP contribution in [-0.4, -0.2) is 16.1 Å². The molecule has 0 fully saturated rings. The summed E-state index contributed by atoms with van der Waals surface area (Å²) < 4.78 is 0. The van der Waals surface area contributed by atoms with Crippen molar-refractivity contribution in [2.45, 2.75) is 0 Å². The third-order valence-corrected chi connectivity index (χ3v) is 1.64. The van der Waals surface area contributed by atoms with Crippen LogP contribution in [0.2, 0.25) is 0 Å². The topological polar surface area (TPSA) is 71.8 Å². The average Bonchev–Trinajstić information content (AvgIpc) is 2.49. The Balaban J connectivity index is 2.68. The molecule has 1 aromatic carbocycles. The number of H-pyrrole nitrogens is 1. The van der Waals surface area contributed by atoms with E-state index in [0.29, 0.717) is 5.56 Å². The van der Waals surface area contributed by atoms with Gasteiger partial charge in [-0.05, 0) is 18.2 Å². The predicted octanol–water partition coefficient (Wildman–Crippen LogP) is 0.462. The summed E-state index contributed by atoms with van der Waals surface area (Å²) in [4.78, 5) is 10.7. The van der Waals surface area contributed by atoms with Crippen molar-refractivity contribution < 1.29 is 4.79 Å². The van der Waals surface area contributed by atoms with Gasteiger partial charge in [-0.25, -0.2) is 0 Å². The van der Waals surface area contributed by atoms with E-state index in [4.69, 9.17) is 5.73 Å². The predicted molar refractivity (Wildman–Crippen MR) is 43.4 cm³/mol. The minimum atomic E-state index is -0.474. The minimum Gasteiger partial charge on any atom is -0.366 e. The van der Waals surface area contributed by atoms with E-state index in [1.165, 1.54) is 0 Å². The number of rotatable bonds is 1. The molecule has 0 aliphatic rings. The van der Waals surface area contributed by atoms with Gasteiger partial charge in [-0.3, -0.25) is 9.89 Å². The summed E-state index contributed by atoms with van der Waals surface area (Å²) in [5, 5.41) is 7.42. The van der Waals surface area contributed by atoms with Gasteiger partial charge in [-0.15, -0.1) is 0 Å². The Morgan fingerprint density at radius 3 is 3.25 bits per heavy atom. The van der Waals surface area contributed by atoms with E-state index in [-0.39, 0.29) is 0 Å². The molecule has 1 radical (unpaired) electrons. The first-order valence-corrected chi connectivity index (χ1v) is 3.42. The highest BCUT2D eigenvalue weighted by molar-refractivity contribution is 5.96. The quantitative estimate of drug-likeness (QED) is 0.636. The van der Waals surface area contributed by atoms with Crippen molar-refractivity contribution in [1.29, 1.82) is 0 Å². The van der Waals surface area contributed by atoms with Gasteiger partial charge in [0, 0.05) is 10.9 Å². The summed E-state index contributed by atoms with van der Waals surface area (Å²) >= 11 is 0. The number of primary amides is 1. The number of carbonyl (C=O) groups excluding carboxylic acids is 1. The molecular weight excluding hydrogens is 154 g/mol. The molecule has 0 aliphatic carbocycles. The Kier molecular flexibility index (Phi) is 1.33. The van der Waals surface area contributed by atoms with E-state index >= 15 is 0 Å². The molecule has 2 aromatic rings. The van der Waals surface area contributed by atoms with Gasteiger partial charge in [-0.1, -0.05) is 0 Å². The molecule has 1 amide bonds. The molecule has 0 bridgehead atoms. The van der Waals surface area contributed by atoms with E-state index in [2.05, 4.69) is 16.3 Å². The van der Waals surface area contributed by atoms with E-state index in [9.17, 15) is 4.79 Å². The second-order valence-corrected chi connectivity index (χ2v) is 2.45. The lowest BCUT2D eigenvalue weighted by atomic mass is 10.1. The van der Waals surface area contributed by atoms with Crippen LogP contribution in [0.3, 0.4) is 0 Å². The number of benzene rings is 1. The SMILES string of the molecule is NC(=O)c1[c]cc2[nH]ncc2c1. The van der Waals surface area contributed by atoms with Crippen LogP contribution in [0, 0.1) is 6.07 Å². The molecule has 3 N–H and O–H groups in total. The van der Waals surface area contributed by atoms with Gasteiger partial charge in [0.05, 0.1) is 11.7 Å². The number of aromatic nitrogens is 2. The number of amides is 1. The van der Waals surface area contributed by atoms with Crippen molar-refractivity contribution in [3.8, 4) is 0 Å². The monoisotopic (exact) mass is 160 g/mol. The fourth-order valence-electron chi connectivity index (χ4n) is 1.03. The number of nitrogens with one attached hydrogen (secondary N) is 1. The van der Waals surface area contributed by atoms with Crippen LogP contribution in [0.15, 0.2) is 18.3 Å². The van der Waals surface area contributed by atoms with Crippen LogP contribution in [0.1, 0.15) is 10.4 Å². The van der Waals surface area contributed by atoms with E-state index in [0.717, 1.165) is 10.9 Å². The maximum absolute atomic E-state index is 10.7. The zero-order valence-electron chi connectivity index (χ0n) is 6.16. The van der Waals surface area contributed by atoms with Gasteiger partial charge in [0.2, 0.25) is 5.91 Å². The number of nitrogens with two attached hydrogens (primary N) is 1. The minimum absolute atomic E-state index is 0.379. The standard InChI is InChI=1S/C8H6N3O/c9-8(12)5-1-2-7-6(3-5)4-10-11-7/h2-4H,(H2,9,12)(H,10,11). The number of hydrogen-bond acceptors (Lipinski definition) is 2. The van der Waals surface area contributed by atoms with Crippen LogP contribution in [-0.2, 0) is 0 Å². The van der Waals surface area contributed by atoms with Gasteiger partial charge in [-0.2, -0.15) is 5.10 Å². The molecule has 0 saturated carbocycles. The number of fused-ring (bicyclic) bond motifs is 1. The lowest BCUT2D eigenvalue weighted by Gasteiger charge is -1.92. The number of hydrogen-bond donors (Lipinski definition) is 2. The molecule has 0 spiro atoms. The fraction of sp³-hybridized carbons (Fsp3) is 0. The van der Waals surface area contributed by atoms with Crippen molar-refractivity contribution in [2.75, 3.05) is 0 Å². The molecule has 12 heavy (non-hydrogen) atoms. The Bertz CT molecular complexity index is 433. The Morgan fingerprint density at radius 1 is 1.67 bits per heavy atom. The second kappa shape index (κ2) is 2.34. The molecule has 0 aliphatic heterocycles. The molecule has 2 rings (SSSR count). The molecule has 0 atom stereocenters. The van der Waals surface area contributed by atoms with Crippen molar-refractivity contribution in [3.05, 3.63) is 30.0 Å². The van der Waals surface area contributed by atoms with Crippen molar-refractivity contribution >= 4 is 16.8 Å². The van der Waals surface area contributed by atoms with Crippen LogP contribution in [0.4, 0.5) is 0 Å². The largest absolute Gasteiger partial charge is 0.366 e. The van der Waals surface area contributed by atoms with Crippen molar-refractivity contribution in [3.63, 3.8) is 0 Å². The van der Waals surface area contributed by atoms with Gasteiger partial charge >= 0.3 is 0 Å². The normalized spacial score (nSPS) is 10.3. The second-order valence-electron chi connectivity index (χ2n) is 2.45. The zero-order valence-corrected chi connectivity index (χ0v) is 6.16. The summed E-state index contributed by atoms with van der Waals surface area (Å²) in [5.74, 6) is -0.474. The van der Waals surface area contributed by atoms with Crippen molar-refractivity contribution in [2.24, 2.45) is 5.73 Å². The lowest BCUT2D eigenvalue weighted by Crippen LogP contribution is -2.10. The first-order valence-electron chi connectivity index (χ1n) is 3.42. The van der Waals surface area contributed by atoms with Crippen LogP contribution in [0.25, 0.3) is 10.9 Å². The van der Waals surface area contributed by atoms with Crippen molar-refractivity contribution in [1.82, 2.24) is 10.2 Å². The van der Waals surface area contributed by atoms with E-state index in [1.54, 1.807) is 18.3 Å². The number of carbonyl (C=O) groups is 1. The smallest absolute Gasteiger partial charge is 0.249 e. The van der Waals surface area contributed by atoms with Gasteiger partial charge in [0.1, 0.15) is 0 Å². The maximum Gasteiger partial charge on any atom is 0.249 e. The molecule has 1 heterocycles. The molecule has 4 nitrogen and oxygen atoms in total. The Hall–Kier alpha value is -1.84. The van der Waals surface area contributed by atoms with Gasteiger partial charge in [0.15, 0.2) is 0 Å². The average molecular weight is 160 g/mol. The highest BCUT2D eigenvalue weighted by atomic mass is 16.1. The Morgan fingerprint density at radius 2 is 2.50 bits per heavy atom. The maximum atomic E-state index is 10.7. The number of nitrogens with zero attached hydrogens (tertiary/aromatic N) is 1. The molecule has 0 saturated heterocycles. The van der Waals surface area contributed by atoms with Crippen LogP contribution >= 0.6 is 0 Å². The third kappa shape index (κ3) is 0.934. The third-order valence-electron chi connectivity index (χ3n) is 1.64. The molecule has 4 heteroatoms. The molecule has 1 aromatic heterocycles. The number of aromatic amines is 1. The highest BCUT2D eigenvalue weighted by Gasteiger charge is 2.02. The molecule has 0 unspecified atom stereocenters. The molecular formula is C8H6N3O. The summed E-state index contributed by atoms with van der Waals surface area (Å²) in [5.41, 5.74) is 6.30. The van der Waals surface area contributed by atoms with E-state index < -0.39 is 5.91 Å². The summed E-state index contributed by atoms with van der Waals surface area (Å²) in [6.45, 7) is 0. The first kappa shape index (κ1) is 6.84. The highest BCUT2D eigenvalue weighted by Crippen LogP contribution is 2.11. The lowest BCUT2D eigenvalue weighted by molar-refractivity contribution is 0.1000. The zero-order chi connectivity index (χ0) is 8.55. The first-order chi connectivity index (χ1) is 5.77. The summed E-state index contributed by atoms with van der Waals surface area (Å²) in [6.07, 6.45) is 1.63. The van der Waals surface area contributed by atoms with Crippen LogP contribution in [0.5, 0.6) is 0 Å².